The minimum Gasteiger partial charge on any atom is -0.391 e. The number of aryl methyl sites for hydroxylation is 1. The van der Waals surface area contributed by atoms with Gasteiger partial charge in [-0.15, -0.1) is 11.8 Å². The first-order chi connectivity index (χ1) is 8.56. The first-order valence-electron chi connectivity index (χ1n) is 5.91. The molecule has 0 spiro atoms. The average molecular weight is 330 g/mol. The second kappa shape index (κ2) is 6.08. The van der Waals surface area contributed by atoms with Gasteiger partial charge in [0, 0.05) is 22.5 Å². The molecular weight excluding hydrogens is 314 g/mol. The summed E-state index contributed by atoms with van der Waals surface area (Å²) in [5.41, 5.74) is 1.17. The molecule has 1 atom stereocenters. The van der Waals surface area contributed by atoms with Gasteiger partial charge in [0.05, 0.1) is 11.9 Å². The zero-order valence-corrected chi connectivity index (χ0v) is 12.6. The van der Waals surface area contributed by atoms with Crippen molar-refractivity contribution in [2.24, 2.45) is 0 Å². The van der Waals surface area contributed by atoms with E-state index in [0.717, 1.165) is 9.37 Å². The van der Waals surface area contributed by atoms with Crippen LogP contribution in [-0.2, 0) is 4.79 Å². The molecule has 1 heterocycles. The predicted octanol–water partition coefficient (Wildman–Crippen LogP) is 2.44. The fraction of sp³-hybridized carbons (Fsp3) is 0.462. The van der Waals surface area contributed by atoms with E-state index in [1.807, 2.05) is 25.1 Å². The molecule has 3 nitrogen and oxygen atoms in total. The third kappa shape index (κ3) is 3.49. The molecule has 0 bridgehead atoms. The number of likely N-dealkylation sites (tertiary alicyclic amines) is 1. The topological polar surface area (TPSA) is 40.5 Å². The van der Waals surface area contributed by atoms with E-state index in [9.17, 15) is 9.90 Å². The summed E-state index contributed by atoms with van der Waals surface area (Å²) >= 11 is 4.98. The number of benzene rings is 1. The highest BCUT2D eigenvalue weighted by Crippen LogP contribution is 2.25. The lowest BCUT2D eigenvalue weighted by molar-refractivity contribution is -0.127. The van der Waals surface area contributed by atoms with E-state index in [-0.39, 0.29) is 12.0 Å². The fourth-order valence-corrected chi connectivity index (χ4v) is 3.36. The van der Waals surface area contributed by atoms with Crippen molar-refractivity contribution in [1.82, 2.24) is 4.90 Å². The molecule has 1 unspecified atom stereocenters. The number of hydrogen-bond acceptors (Lipinski definition) is 3. The van der Waals surface area contributed by atoms with Gasteiger partial charge in [-0.25, -0.2) is 0 Å². The summed E-state index contributed by atoms with van der Waals surface area (Å²) in [5.74, 6) is 0.550. The zero-order valence-electron chi connectivity index (χ0n) is 10.2. The van der Waals surface area contributed by atoms with Crippen molar-refractivity contribution in [3.8, 4) is 0 Å². The smallest absolute Gasteiger partial charge is 0.233 e. The number of carbonyl (C=O) groups excluding carboxylic acids is 1. The average Bonchev–Trinajstić information content (AvgIpc) is 2.74. The number of halogens is 1. The lowest BCUT2D eigenvalue weighted by atomic mass is 10.2. The van der Waals surface area contributed by atoms with E-state index in [1.54, 1.807) is 16.7 Å². The maximum absolute atomic E-state index is 11.9. The molecule has 0 aromatic heterocycles. The Morgan fingerprint density at radius 2 is 2.39 bits per heavy atom. The first kappa shape index (κ1) is 13.9. The molecule has 0 saturated carbocycles. The molecule has 1 aliphatic rings. The molecule has 2 rings (SSSR count). The highest BCUT2D eigenvalue weighted by atomic mass is 79.9. The quantitative estimate of drug-likeness (QED) is 0.866. The second-order valence-electron chi connectivity index (χ2n) is 4.48. The van der Waals surface area contributed by atoms with Gasteiger partial charge >= 0.3 is 0 Å². The van der Waals surface area contributed by atoms with Gasteiger partial charge in [0.25, 0.3) is 0 Å². The Labute approximate surface area is 120 Å². The largest absolute Gasteiger partial charge is 0.391 e. The normalized spacial score (nSPS) is 19.3. The molecular formula is C13H16BrNO2S. The molecule has 1 aromatic carbocycles. The van der Waals surface area contributed by atoms with Crippen molar-refractivity contribution in [3.05, 3.63) is 28.2 Å². The van der Waals surface area contributed by atoms with Crippen molar-refractivity contribution in [1.29, 1.82) is 0 Å². The van der Waals surface area contributed by atoms with Crippen LogP contribution < -0.4 is 0 Å². The lowest BCUT2D eigenvalue weighted by Gasteiger charge is -2.15. The number of hydrogen-bond donors (Lipinski definition) is 1. The summed E-state index contributed by atoms with van der Waals surface area (Å²) in [6.07, 6.45) is 0.363. The maximum atomic E-state index is 11.9. The Morgan fingerprint density at radius 3 is 3.00 bits per heavy atom. The molecule has 1 fully saturated rings. The Hall–Kier alpha value is -0.520. The number of aliphatic hydroxyl groups is 1. The minimum absolute atomic E-state index is 0.110. The van der Waals surface area contributed by atoms with E-state index in [4.69, 9.17) is 0 Å². The molecule has 1 aliphatic heterocycles. The molecule has 1 N–H and O–H groups in total. The lowest BCUT2D eigenvalue weighted by Crippen LogP contribution is -2.30. The van der Waals surface area contributed by atoms with E-state index < -0.39 is 0 Å². The molecule has 18 heavy (non-hydrogen) atoms. The molecule has 1 aromatic rings. The van der Waals surface area contributed by atoms with Gasteiger partial charge in [0.1, 0.15) is 0 Å². The molecule has 0 aliphatic carbocycles. The number of nitrogens with zero attached hydrogens (tertiary/aromatic N) is 1. The summed E-state index contributed by atoms with van der Waals surface area (Å²) in [6, 6.07) is 6.06. The van der Waals surface area contributed by atoms with Gasteiger partial charge in [-0.05, 0) is 37.1 Å². The van der Waals surface area contributed by atoms with Crippen molar-refractivity contribution in [3.63, 3.8) is 0 Å². The Kier molecular flexibility index (Phi) is 4.70. The number of aliphatic hydroxyl groups excluding tert-OH is 1. The monoisotopic (exact) mass is 329 g/mol. The van der Waals surface area contributed by atoms with Crippen molar-refractivity contribution < 1.29 is 9.90 Å². The number of β-amino-alcohol motifs (C(OH)–C–C–N with tert-alkyl or cyclic N) is 1. The van der Waals surface area contributed by atoms with Crippen LogP contribution in [0.1, 0.15) is 12.0 Å². The van der Waals surface area contributed by atoms with Crippen molar-refractivity contribution in [2.45, 2.75) is 24.3 Å². The predicted molar refractivity (Wildman–Crippen MR) is 76.8 cm³/mol. The van der Waals surface area contributed by atoms with Crippen LogP contribution in [0.25, 0.3) is 0 Å². The first-order valence-corrected chi connectivity index (χ1v) is 7.69. The molecule has 0 radical (unpaired) electrons. The summed E-state index contributed by atoms with van der Waals surface area (Å²) in [5, 5.41) is 9.40. The van der Waals surface area contributed by atoms with Gasteiger partial charge in [0.15, 0.2) is 0 Å². The van der Waals surface area contributed by atoms with Crippen LogP contribution in [0.15, 0.2) is 27.6 Å². The van der Waals surface area contributed by atoms with Gasteiger partial charge < -0.3 is 10.0 Å². The standard InChI is InChI=1S/C13H16BrNO2S/c1-9-6-10(14)2-3-12(9)18-8-13(17)15-5-4-11(16)7-15/h2-3,6,11,16H,4-5,7-8H2,1H3. The van der Waals surface area contributed by atoms with E-state index in [0.29, 0.717) is 25.3 Å². The van der Waals surface area contributed by atoms with Crippen LogP contribution in [0, 0.1) is 6.92 Å². The molecule has 98 valence electrons. The fourth-order valence-electron chi connectivity index (χ4n) is 1.97. The van der Waals surface area contributed by atoms with Gasteiger partial charge in [-0.2, -0.15) is 0 Å². The summed E-state index contributed by atoms with van der Waals surface area (Å²) in [4.78, 5) is 14.8. The Morgan fingerprint density at radius 1 is 1.61 bits per heavy atom. The summed E-state index contributed by atoms with van der Waals surface area (Å²) in [6.45, 7) is 3.20. The zero-order chi connectivity index (χ0) is 13.1. The Bertz CT molecular complexity index is 453. The minimum atomic E-state index is -0.339. The van der Waals surface area contributed by atoms with Crippen LogP contribution in [0.3, 0.4) is 0 Å². The van der Waals surface area contributed by atoms with Crippen LogP contribution in [0.5, 0.6) is 0 Å². The maximum Gasteiger partial charge on any atom is 0.233 e. The van der Waals surface area contributed by atoms with Crippen molar-refractivity contribution >= 4 is 33.6 Å². The second-order valence-corrected chi connectivity index (χ2v) is 6.41. The highest BCUT2D eigenvalue weighted by Gasteiger charge is 2.24. The van der Waals surface area contributed by atoms with Gasteiger partial charge in [0.2, 0.25) is 5.91 Å². The number of rotatable bonds is 3. The molecule has 1 amide bonds. The highest BCUT2D eigenvalue weighted by molar-refractivity contribution is 9.10. The molecule has 5 heteroatoms. The van der Waals surface area contributed by atoms with Crippen molar-refractivity contribution in [2.75, 3.05) is 18.8 Å². The van der Waals surface area contributed by atoms with E-state index in [1.165, 1.54) is 5.56 Å². The SMILES string of the molecule is Cc1cc(Br)ccc1SCC(=O)N1CCC(O)C1. The van der Waals surface area contributed by atoms with Crippen LogP contribution >= 0.6 is 27.7 Å². The number of carbonyl (C=O) groups is 1. The van der Waals surface area contributed by atoms with Crippen LogP contribution in [0.4, 0.5) is 0 Å². The molecule has 1 saturated heterocycles. The number of thioether (sulfide) groups is 1. The third-order valence-electron chi connectivity index (χ3n) is 3.00. The van der Waals surface area contributed by atoms with E-state index in [2.05, 4.69) is 15.9 Å². The number of amides is 1. The third-order valence-corrected chi connectivity index (χ3v) is 4.66. The van der Waals surface area contributed by atoms with Gasteiger partial charge in [-0.1, -0.05) is 15.9 Å². The van der Waals surface area contributed by atoms with Gasteiger partial charge in [-0.3, -0.25) is 4.79 Å². The summed E-state index contributed by atoms with van der Waals surface area (Å²) in [7, 11) is 0. The van der Waals surface area contributed by atoms with E-state index >= 15 is 0 Å². The van der Waals surface area contributed by atoms with Crippen LogP contribution in [0.2, 0.25) is 0 Å². The Balaban J connectivity index is 1.89. The summed E-state index contributed by atoms with van der Waals surface area (Å²) < 4.78 is 1.05. The van der Waals surface area contributed by atoms with Crippen LogP contribution in [-0.4, -0.2) is 40.9 Å².